The molecule has 0 unspecified atom stereocenters. The molecule has 0 radical (unpaired) electrons. The predicted octanol–water partition coefficient (Wildman–Crippen LogP) is 4.77. The summed E-state index contributed by atoms with van der Waals surface area (Å²) >= 11 is 6.11. The number of pyridine rings is 2. The average molecular weight is 347 g/mol. The van der Waals surface area contributed by atoms with Gasteiger partial charge in [0.05, 0.1) is 6.54 Å². The molecule has 0 saturated carbocycles. The van der Waals surface area contributed by atoms with Gasteiger partial charge in [-0.2, -0.15) is 0 Å². The second kappa shape index (κ2) is 6.54. The number of rotatable bonds is 3. The van der Waals surface area contributed by atoms with Crippen molar-refractivity contribution in [2.24, 2.45) is 0 Å². The minimum atomic E-state index is -0.0719. The van der Waals surface area contributed by atoms with Crippen LogP contribution in [0.2, 0.25) is 5.02 Å². The van der Waals surface area contributed by atoms with E-state index in [1.807, 2.05) is 66.7 Å². The van der Waals surface area contributed by atoms with Crippen LogP contribution in [0.15, 0.2) is 83.8 Å². The Hall–Kier alpha value is -2.91. The minimum Gasteiger partial charge on any atom is -0.288 e. The lowest BCUT2D eigenvalue weighted by molar-refractivity contribution is 0.785. The lowest BCUT2D eigenvalue weighted by Crippen LogP contribution is -2.23. The molecule has 0 atom stereocenters. The summed E-state index contributed by atoms with van der Waals surface area (Å²) < 4.78 is 1.72. The van der Waals surface area contributed by atoms with Crippen LogP contribution in [0, 0.1) is 0 Å². The van der Waals surface area contributed by atoms with Crippen molar-refractivity contribution in [3.05, 3.63) is 99.9 Å². The van der Waals surface area contributed by atoms with Crippen LogP contribution in [0.5, 0.6) is 0 Å². The highest BCUT2D eigenvalue weighted by molar-refractivity contribution is 6.30. The number of halogens is 1. The zero-order chi connectivity index (χ0) is 17.2. The van der Waals surface area contributed by atoms with Crippen molar-refractivity contribution < 1.29 is 0 Å². The summed E-state index contributed by atoms with van der Waals surface area (Å²) in [6.45, 7) is 0.474. The van der Waals surface area contributed by atoms with Gasteiger partial charge in [-0.05, 0) is 41.5 Å². The largest absolute Gasteiger partial charge is 0.288 e. The van der Waals surface area contributed by atoms with Gasteiger partial charge in [0.15, 0.2) is 0 Å². The molecule has 25 heavy (non-hydrogen) atoms. The van der Waals surface area contributed by atoms with Gasteiger partial charge in [0, 0.05) is 22.2 Å². The number of nitrogens with zero attached hydrogens (tertiary/aromatic N) is 2. The molecule has 0 saturated heterocycles. The van der Waals surface area contributed by atoms with E-state index in [4.69, 9.17) is 11.6 Å². The van der Waals surface area contributed by atoms with E-state index in [0.29, 0.717) is 22.8 Å². The van der Waals surface area contributed by atoms with Crippen molar-refractivity contribution in [3.63, 3.8) is 0 Å². The van der Waals surface area contributed by atoms with Crippen molar-refractivity contribution in [2.75, 3.05) is 0 Å². The molecule has 4 heteroatoms. The Morgan fingerprint density at radius 3 is 2.56 bits per heavy atom. The topological polar surface area (TPSA) is 34.9 Å². The smallest absolute Gasteiger partial charge is 0.260 e. The zero-order valence-electron chi connectivity index (χ0n) is 13.4. The highest BCUT2D eigenvalue weighted by atomic mass is 35.5. The zero-order valence-corrected chi connectivity index (χ0v) is 14.1. The fourth-order valence-corrected chi connectivity index (χ4v) is 3.17. The van der Waals surface area contributed by atoms with Crippen LogP contribution >= 0.6 is 11.6 Å². The van der Waals surface area contributed by atoms with Crippen LogP contribution < -0.4 is 5.56 Å². The normalized spacial score (nSPS) is 10.9. The van der Waals surface area contributed by atoms with Crippen molar-refractivity contribution in [1.29, 1.82) is 0 Å². The number of aromatic nitrogens is 2. The molecule has 0 N–H and O–H groups in total. The summed E-state index contributed by atoms with van der Waals surface area (Å²) in [6.07, 6.45) is 1.71. The Labute approximate surface area is 150 Å². The number of fused-ring (bicyclic) bond motifs is 1. The molecule has 4 aromatic rings. The fraction of sp³-hybridized carbons (Fsp3) is 0.0476. The van der Waals surface area contributed by atoms with Gasteiger partial charge in [0.1, 0.15) is 5.65 Å². The van der Waals surface area contributed by atoms with E-state index < -0.39 is 0 Å². The Bertz CT molecular complexity index is 1100. The molecule has 0 aliphatic heterocycles. The molecule has 0 aliphatic carbocycles. The van der Waals surface area contributed by atoms with Gasteiger partial charge in [0.2, 0.25) is 0 Å². The van der Waals surface area contributed by atoms with Crippen LogP contribution in [0.4, 0.5) is 0 Å². The summed E-state index contributed by atoms with van der Waals surface area (Å²) in [6, 6.07) is 23.0. The standard InChI is InChI=1S/C21H15ClN2O/c22-18-10-4-8-16(12-18)19-13-17-9-5-11-23-20(17)24(21(19)25)14-15-6-2-1-3-7-15/h1-13H,14H2. The second-order valence-electron chi connectivity index (χ2n) is 5.86. The van der Waals surface area contributed by atoms with Crippen molar-refractivity contribution in [2.45, 2.75) is 6.54 Å². The monoisotopic (exact) mass is 346 g/mol. The Balaban J connectivity index is 1.97. The highest BCUT2D eigenvalue weighted by Crippen LogP contribution is 2.23. The fourth-order valence-electron chi connectivity index (χ4n) is 2.98. The summed E-state index contributed by atoms with van der Waals surface area (Å²) in [5.41, 5.74) is 3.10. The molecular formula is C21H15ClN2O. The highest BCUT2D eigenvalue weighted by Gasteiger charge is 2.12. The maximum atomic E-state index is 13.2. The Morgan fingerprint density at radius 2 is 1.76 bits per heavy atom. The molecule has 4 rings (SSSR count). The van der Waals surface area contributed by atoms with Gasteiger partial charge in [-0.1, -0.05) is 54.1 Å². The molecule has 3 nitrogen and oxygen atoms in total. The first-order valence-corrected chi connectivity index (χ1v) is 8.38. The SMILES string of the molecule is O=c1c(-c2cccc(Cl)c2)cc2cccnc2n1Cc1ccccc1. The quantitative estimate of drug-likeness (QED) is 0.536. The lowest BCUT2D eigenvalue weighted by Gasteiger charge is -2.12. The molecule has 0 amide bonds. The minimum absolute atomic E-state index is 0.0719. The Morgan fingerprint density at radius 1 is 0.920 bits per heavy atom. The molecular weight excluding hydrogens is 332 g/mol. The third-order valence-corrected chi connectivity index (χ3v) is 4.40. The molecule has 2 heterocycles. The number of hydrogen-bond donors (Lipinski definition) is 0. The number of hydrogen-bond acceptors (Lipinski definition) is 2. The van der Waals surface area contributed by atoms with Gasteiger partial charge in [-0.15, -0.1) is 0 Å². The van der Waals surface area contributed by atoms with E-state index in [2.05, 4.69) is 4.98 Å². The molecule has 0 aliphatic rings. The van der Waals surface area contributed by atoms with E-state index in [0.717, 1.165) is 16.5 Å². The maximum Gasteiger partial charge on any atom is 0.260 e. The Kier molecular flexibility index (Phi) is 4.08. The van der Waals surface area contributed by atoms with Gasteiger partial charge in [-0.25, -0.2) is 4.98 Å². The van der Waals surface area contributed by atoms with E-state index in [-0.39, 0.29) is 5.56 Å². The third-order valence-electron chi connectivity index (χ3n) is 4.17. The molecule has 0 fully saturated rings. The summed E-state index contributed by atoms with van der Waals surface area (Å²) in [5, 5.41) is 1.53. The summed E-state index contributed by atoms with van der Waals surface area (Å²) in [4.78, 5) is 17.6. The predicted molar refractivity (Wildman–Crippen MR) is 102 cm³/mol. The van der Waals surface area contributed by atoms with Crippen LogP contribution in [0.25, 0.3) is 22.2 Å². The van der Waals surface area contributed by atoms with E-state index in [1.54, 1.807) is 16.8 Å². The first-order chi connectivity index (χ1) is 12.2. The van der Waals surface area contributed by atoms with E-state index in [9.17, 15) is 4.79 Å². The van der Waals surface area contributed by atoms with Crippen LogP contribution in [0.3, 0.4) is 0 Å². The third kappa shape index (κ3) is 3.06. The van der Waals surface area contributed by atoms with Crippen LogP contribution in [0.1, 0.15) is 5.56 Å². The van der Waals surface area contributed by atoms with Crippen LogP contribution in [-0.4, -0.2) is 9.55 Å². The molecule has 2 aromatic carbocycles. The first-order valence-electron chi connectivity index (χ1n) is 8.01. The number of benzene rings is 2. The maximum absolute atomic E-state index is 13.2. The summed E-state index contributed by atoms with van der Waals surface area (Å²) in [5.74, 6) is 0. The van der Waals surface area contributed by atoms with Gasteiger partial charge < -0.3 is 0 Å². The van der Waals surface area contributed by atoms with Crippen molar-refractivity contribution in [3.8, 4) is 11.1 Å². The molecule has 122 valence electrons. The van der Waals surface area contributed by atoms with Gasteiger partial charge >= 0.3 is 0 Å². The molecule has 0 spiro atoms. The van der Waals surface area contributed by atoms with Gasteiger partial charge in [0.25, 0.3) is 5.56 Å². The van der Waals surface area contributed by atoms with E-state index >= 15 is 0 Å². The summed E-state index contributed by atoms with van der Waals surface area (Å²) in [7, 11) is 0. The average Bonchev–Trinajstić information content (AvgIpc) is 2.65. The van der Waals surface area contributed by atoms with Crippen molar-refractivity contribution >= 4 is 22.6 Å². The van der Waals surface area contributed by atoms with Gasteiger partial charge in [-0.3, -0.25) is 9.36 Å². The second-order valence-corrected chi connectivity index (χ2v) is 6.30. The molecule has 0 bridgehead atoms. The van der Waals surface area contributed by atoms with Crippen LogP contribution in [-0.2, 0) is 6.54 Å². The lowest BCUT2D eigenvalue weighted by atomic mass is 10.1. The van der Waals surface area contributed by atoms with Crippen molar-refractivity contribution in [1.82, 2.24) is 9.55 Å². The first kappa shape index (κ1) is 15.6. The van der Waals surface area contributed by atoms with E-state index in [1.165, 1.54) is 0 Å². The molecule has 2 aromatic heterocycles.